The lowest BCUT2D eigenvalue weighted by Crippen LogP contribution is -2.27. The van der Waals surface area contributed by atoms with E-state index in [0.29, 0.717) is 24.7 Å². The van der Waals surface area contributed by atoms with Crippen molar-refractivity contribution in [3.8, 4) is 5.75 Å². The molecule has 0 radical (unpaired) electrons. The van der Waals surface area contributed by atoms with Gasteiger partial charge in [0.1, 0.15) is 11.4 Å². The first kappa shape index (κ1) is 19.1. The number of methoxy groups -OCH3 is 1. The van der Waals surface area contributed by atoms with Crippen LogP contribution in [0.25, 0.3) is 0 Å². The van der Waals surface area contributed by atoms with Crippen molar-refractivity contribution in [3.05, 3.63) is 18.2 Å². The van der Waals surface area contributed by atoms with Gasteiger partial charge in [-0.25, -0.2) is 4.79 Å². The van der Waals surface area contributed by atoms with Crippen molar-refractivity contribution < 1.29 is 19.0 Å². The van der Waals surface area contributed by atoms with Gasteiger partial charge in [-0.05, 0) is 52.8 Å². The van der Waals surface area contributed by atoms with Crippen LogP contribution in [0, 0.1) is 0 Å². The summed E-state index contributed by atoms with van der Waals surface area (Å²) in [5, 5.41) is 6.03. The Bertz CT molecular complexity index is 512. The second-order valence-electron chi connectivity index (χ2n) is 6.25. The summed E-state index contributed by atoms with van der Waals surface area (Å²) in [6, 6.07) is 5.65. The second kappa shape index (κ2) is 8.62. The lowest BCUT2D eigenvalue weighted by Gasteiger charge is -2.21. The zero-order chi connectivity index (χ0) is 17.5. The molecule has 1 aromatic rings. The number of carbonyl (C=O) groups is 1. The third-order valence-electron chi connectivity index (χ3n) is 2.82. The zero-order valence-electron chi connectivity index (χ0n) is 14.9. The highest BCUT2D eigenvalue weighted by Gasteiger charge is 2.18. The first-order valence-corrected chi connectivity index (χ1v) is 7.77. The molecule has 0 aliphatic rings. The van der Waals surface area contributed by atoms with Crippen LogP contribution in [0.15, 0.2) is 18.2 Å². The van der Waals surface area contributed by atoms with Crippen LogP contribution in [0.3, 0.4) is 0 Å². The molecule has 1 amide bonds. The normalized spacial score (nSPS) is 12.4. The Labute approximate surface area is 138 Å². The largest absolute Gasteiger partial charge is 0.495 e. The average molecular weight is 324 g/mol. The maximum Gasteiger partial charge on any atom is 0.412 e. The van der Waals surface area contributed by atoms with Crippen molar-refractivity contribution in [1.82, 2.24) is 0 Å². The summed E-state index contributed by atoms with van der Waals surface area (Å²) in [5.41, 5.74) is 0.860. The molecule has 6 nitrogen and oxygen atoms in total. The summed E-state index contributed by atoms with van der Waals surface area (Å²) in [6.45, 7) is 10.7. The Hall–Kier alpha value is -1.95. The molecular formula is C17H28N2O4. The molecule has 130 valence electrons. The van der Waals surface area contributed by atoms with Gasteiger partial charge in [-0.15, -0.1) is 0 Å². The molecule has 23 heavy (non-hydrogen) atoms. The van der Waals surface area contributed by atoms with Crippen LogP contribution in [-0.4, -0.2) is 38.1 Å². The summed E-state index contributed by atoms with van der Waals surface area (Å²) < 4.78 is 15.9. The van der Waals surface area contributed by atoms with Crippen LogP contribution in [-0.2, 0) is 9.47 Å². The van der Waals surface area contributed by atoms with Crippen molar-refractivity contribution in [3.63, 3.8) is 0 Å². The van der Waals surface area contributed by atoms with Crippen LogP contribution in [0.1, 0.15) is 34.6 Å². The minimum absolute atomic E-state index is 0.151. The molecule has 0 heterocycles. The number of carbonyl (C=O) groups excluding carboxylic acids is 1. The molecule has 0 fully saturated rings. The molecule has 1 unspecified atom stereocenters. The van der Waals surface area contributed by atoms with E-state index < -0.39 is 11.7 Å². The highest BCUT2D eigenvalue weighted by Crippen LogP contribution is 2.28. The summed E-state index contributed by atoms with van der Waals surface area (Å²) in [5.74, 6) is 0.568. The van der Waals surface area contributed by atoms with Gasteiger partial charge < -0.3 is 19.5 Å². The fraction of sp³-hybridized carbons (Fsp3) is 0.588. The van der Waals surface area contributed by atoms with Crippen molar-refractivity contribution in [2.75, 3.05) is 31.0 Å². The van der Waals surface area contributed by atoms with E-state index in [2.05, 4.69) is 10.6 Å². The number of amides is 1. The van der Waals surface area contributed by atoms with E-state index in [1.807, 2.05) is 46.8 Å². The topological polar surface area (TPSA) is 68.8 Å². The Kier molecular flexibility index (Phi) is 7.16. The number of ether oxygens (including phenoxy) is 3. The predicted molar refractivity (Wildman–Crippen MR) is 92.4 cm³/mol. The van der Waals surface area contributed by atoms with Crippen LogP contribution in [0.2, 0.25) is 0 Å². The number of rotatable bonds is 7. The van der Waals surface area contributed by atoms with E-state index in [-0.39, 0.29) is 6.04 Å². The molecule has 2 N–H and O–H groups in total. The van der Waals surface area contributed by atoms with Crippen molar-refractivity contribution >= 4 is 17.5 Å². The van der Waals surface area contributed by atoms with Gasteiger partial charge in [0.2, 0.25) is 0 Å². The smallest absolute Gasteiger partial charge is 0.412 e. The van der Waals surface area contributed by atoms with Gasteiger partial charge in [-0.3, -0.25) is 5.32 Å². The average Bonchev–Trinajstić information content (AvgIpc) is 2.43. The maximum atomic E-state index is 11.9. The first-order chi connectivity index (χ1) is 10.7. The van der Waals surface area contributed by atoms with Crippen molar-refractivity contribution in [1.29, 1.82) is 0 Å². The SMILES string of the molecule is CCOCC(C)Nc1ccc(OC)c(NC(=O)OC(C)(C)C)c1. The van der Waals surface area contributed by atoms with Gasteiger partial charge in [0.25, 0.3) is 0 Å². The Morgan fingerprint density at radius 2 is 2.00 bits per heavy atom. The van der Waals surface area contributed by atoms with Gasteiger partial charge in [-0.2, -0.15) is 0 Å². The van der Waals surface area contributed by atoms with E-state index in [1.54, 1.807) is 13.2 Å². The Morgan fingerprint density at radius 1 is 1.30 bits per heavy atom. The van der Waals surface area contributed by atoms with Gasteiger partial charge in [0.05, 0.1) is 19.4 Å². The van der Waals surface area contributed by atoms with E-state index in [0.717, 1.165) is 5.69 Å². The van der Waals surface area contributed by atoms with Gasteiger partial charge in [0.15, 0.2) is 0 Å². The highest BCUT2D eigenvalue weighted by atomic mass is 16.6. The lowest BCUT2D eigenvalue weighted by molar-refractivity contribution is 0.0635. The first-order valence-electron chi connectivity index (χ1n) is 7.77. The number of nitrogens with one attached hydrogen (secondary N) is 2. The molecule has 0 spiro atoms. The fourth-order valence-corrected chi connectivity index (χ4v) is 1.93. The third kappa shape index (κ3) is 7.23. The van der Waals surface area contributed by atoms with E-state index in [9.17, 15) is 4.79 Å². The number of hydrogen-bond acceptors (Lipinski definition) is 5. The van der Waals surface area contributed by atoms with Gasteiger partial charge in [-0.1, -0.05) is 0 Å². The fourth-order valence-electron chi connectivity index (χ4n) is 1.93. The molecule has 0 aromatic heterocycles. The Morgan fingerprint density at radius 3 is 2.57 bits per heavy atom. The number of anilines is 2. The van der Waals surface area contributed by atoms with Crippen LogP contribution >= 0.6 is 0 Å². The summed E-state index contributed by atoms with van der Waals surface area (Å²) in [7, 11) is 1.56. The molecule has 0 aliphatic heterocycles. The molecule has 0 saturated carbocycles. The van der Waals surface area contributed by atoms with Gasteiger partial charge >= 0.3 is 6.09 Å². The van der Waals surface area contributed by atoms with Gasteiger partial charge in [0, 0.05) is 18.3 Å². The van der Waals surface area contributed by atoms with Crippen molar-refractivity contribution in [2.45, 2.75) is 46.3 Å². The lowest BCUT2D eigenvalue weighted by atomic mass is 10.2. The molecular weight excluding hydrogens is 296 g/mol. The maximum absolute atomic E-state index is 11.9. The molecule has 6 heteroatoms. The minimum atomic E-state index is -0.556. The zero-order valence-corrected chi connectivity index (χ0v) is 14.9. The second-order valence-corrected chi connectivity index (χ2v) is 6.25. The summed E-state index contributed by atoms with van der Waals surface area (Å²) in [6.07, 6.45) is -0.518. The molecule has 1 rings (SSSR count). The molecule has 0 bridgehead atoms. The molecule has 0 saturated heterocycles. The van der Waals surface area contributed by atoms with Crippen molar-refractivity contribution in [2.24, 2.45) is 0 Å². The summed E-state index contributed by atoms with van der Waals surface area (Å²) >= 11 is 0. The minimum Gasteiger partial charge on any atom is -0.495 e. The Balaban J connectivity index is 2.80. The quantitative estimate of drug-likeness (QED) is 0.796. The molecule has 1 aromatic carbocycles. The van der Waals surface area contributed by atoms with E-state index >= 15 is 0 Å². The summed E-state index contributed by atoms with van der Waals surface area (Å²) in [4.78, 5) is 11.9. The number of benzene rings is 1. The third-order valence-corrected chi connectivity index (χ3v) is 2.82. The van der Waals surface area contributed by atoms with Crippen LogP contribution < -0.4 is 15.4 Å². The molecule has 0 aliphatic carbocycles. The molecule has 1 atom stereocenters. The number of hydrogen-bond donors (Lipinski definition) is 2. The van der Waals surface area contributed by atoms with E-state index in [4.69, 9.17) is 14.2 Å². The standard InChI is InChI=1S/C17H28N2O4/c1-7-22-11-12(2)18-13-8-9-15(21-6)14(10-13)19-16(20)23-17(3,4)5/h8-10,12,18H,7,11H2,1-6H3,(H,19,20). The monoisotopic (exact) mass is 324 g/mol. The van der Waals surface area contributed by atoms with E-state index in [1.165, 1.54) is 0 Å². The predicted octanol–water partition coefficient (Wildman–Crippen LogP) is 3.88. The van der Waals surface area contributed by atoms with Crippen LogP contribution in [0.4, 0.5) is 16.2 Å². The van der Waals surface area contributed by atoms with Crippen LogP contribution in [0.5, 0.6) is 5.75 Å². The highest BCUT2D eigenvalue weighted by molar-refractivity contribution is 5.88.